The maximum atomic E-state index is 13.6. The van der Waals surface area contributed by atoms with Crippen LogP contribution in [-0.2, 0) is 10.2 Å². The first-order valence-corrected chi connectivity index (χ1v) is 11.2. The first kappa shape index (κ1) is 21.0. The van der Waals surface area contributed by atoms with Gasteiger partial charge in [0, 0.05) is 33.4 Å². The normalized spacial score (nSPS) is 18.1. The predicted octanol–water partition coefficient (Wildman–Crippen LogP) is 4.25. The number of halogens is 1. The maximum absolute atomic E-state index is 13.6. The Balaban J connectivity index is 1.72. The number of hydrogen-bond acceptors (Lipinski definition) is 7. The predicted molar refractivity (Wildman–Crippen MR) is 131 cm³/mol. The molecule has 0 aliphatic carbocycles. The summed E-state index contributed by atoms with van der Waals surface area (Å²) in [5.74, 6) is -1.10. The van der Waals surface area contributed by atoms with E-state index in [9.17, 15) is 20.0 Å². The van der Waals surface area contributed by atoms with Crippen molar-refractivity contribution < 1.29 is 19.1 Å². The third kappa shape index (κ3) is 2.71. The number of nitrogens with one attached hydrogen (secondary N) is 1. The van der Waals surface area contributed by atoms with Gasteiger partial charge in [0.15, 0.2) is 5.43 Å². The van der Waals surface area contributed by atoms with Gasteiger partial charge in [0.1, 0.15) is 45.3 Å². The highest BCUT2D eigenvalue weighted by atomic mass is 79.9. The Morgan fingerprint density at radius 1 is 1.09 bits per heavy atom. The van der Waals surface area contributed by atoms with E-state index in [1.807, 2.05) is 12.1 Å². The molecule has 1 spiro atoms. The highest BCUT2D eigenvalue weighted by Gasteiger charge is 2.58. The van der Waals surface area contributed by atoms with Crippen molar-refractivity contribution in [2.75, 3.05) is 5.32 Å². The van der Waals surface area contributed by atoms with Gasteiger partial charge in [0.2, 0.25) is 11.8 Å². The zero-order valence-electron chi connectivity index (χ0n) is 17.8. The second kappa shape index (κ2) is 7.22. The van der Waals surface area contributed by atoms with Crippen LogP contribution in [0, 0.1) is 11.3 Å². The van der Waals surface area contributed by atoms with Gasteiger partial charge < -0.3 is 25.3 Å². The lowest BCUT2D eigenvalue weighted by Gasteiger charge is -2.34. The van der Waals surface area contributed by atoms with Crippen LogP contribution in [0.5, 0.6) is 11.5 Å². The van der Waals surface area contributed by atoms with E-state index in [4.69, 9.17) is 14.9 Å². The Morgan fingerprint density at radius 3 is 2.60 bits per heavy atom. The van der Waals surface area contributed by atoms with E-state index >= 15 is 0 Å². The number of phenols is 1. The molecule has 35 heavy (non-hydrogen) atoms. The van der Waals surface area contributed by atoms with Crippen LogP contribution in [0.1, 0.15) is 11.1 Å². The minimum Gasteiger partial charge on any atom is -0.507 e. The van der Waals surface area contributed by atoms with Crippen LogP contribution in [0.4, 0.5) is 5.69 Å². The SMILES string of the molecule is N#CC1=C(N)Oc2cc3oc(-c4ccccc4)cc(=O)c3c(O)c2C12C(=O)Nc1cc(Br)ccc12. The fourth-order valence-electron chi connectivity index (χ4n) is 4.87. The molecule has 1 unspecified atom stereocenters. The van der Waals surface area contributed by atoms with Gasteiger partial charge in [-0.2, -0.15) is 5.26 Å². The molecule has 6 rings (SSSR count). The molecule has 170 valence electrons. The van der Waals surface area contributed by atoms with Crippen LogP contribution in [0.3, 0.4) is 0 Å². The average Bonchev–Trinajstić information content (AvgIpc) is 3.10. The summed E-state index contributed by atoms with van der Waals surface area (Å²) in [7, 11) is 0. The lowest BCUT2D eigenvalue weighted by atomic mass is 9.68. The van der Waals surface area contributed by atoms with Gasteiger partial charge in [0.25, 0.3) is 0 Å². The van der Waals surface area contributed by atoms with Crippen LogP contribution in [0.15, 0.2) is 85.8 Å². The lowest BCUT2D eigenvalue weighted by Crippen LogP contribution is -2.42. The molecule has 3 aromatic carbocycles. The van der Waals surface area contributed by atoms with Crippen LogP contribution < -0.4 is 21.2 Å². The molecule has 1 atom stereocenters. The van der Waals surface area contributed by atoms with E-state index in [0.717, 1.165) is 0 Å². The van der Waals surface area contributed by atoms with Gasteiger partial charge in [-0.3, -0.25) is 9.59 Å². The minimum absolute atomic E-state index is 0.00535. The maximum Gasteiger partial charge on any atom is 0.245 e. The molecule has 2 aliphatic heterocycles. The van der Waals surface area contributed by atoms with Crippen molar-refractivity contribution in [2.45, 2.75) is 5.41 Å². The molecule has 0 bridgehead atoms. The van der Waals surface area contributed by atoms with Crippen LogP contribution in [0.25, 0.3) is 22.3 Å². The van der Waals surface area contributed by atoms with Crippen molar-refractivity contribution in [1.82, 2.24) is 0 Å². The number of aromatic hydroxyl groups is 1. The summed E-state index contributed by atoms with van der Waals surface area (Å²) in [5.41, 5.74) is 5.10. The van der Waals surface area contributed by atoms with E-state index in [0.29, 0.717) is 27.0 Å². The second-order valence-corrected chi connectivity index (χ2v) is 9.08. The van der Waals surface area contributed by atoms with E-state index in [1.54, 1.807) is 42.5 Å². The van der Waals surface area contributed by atoms with Crippen LogP contribution >= 0.6 is 15.9 Å². The Hall–Kier alpha value is -4.55. The minimum atomic E-state index is -1.81. The molecule has 4 N–H and O–H groups in total. The van der Waals surface area contributed by atoms with Gasteiger partial charge in [0.05, 0.1) is 5.56 Å². The highest BCUT2D eigenvalue weighted by molar-refractivity contribution is 9.10. The molecule has 8 nitrogen and oxygen atoms in total. The molecular weight excluding hydrogens is 514 g/mol. The largest absolute Gasteiger partial charge is 0.507 e. The van der Waals surface area contributed by atoms with E-state index < -0.39 is 22.5 Å². The van der Waals surface area contributed by atoms with Crippen molar-refractivity contribution >= 4 is 38.5 Å². The van der Waals surface area contributed by atoms with Crippen molar-refractivity contribution in [1.29, 1.82) is 5.26 Å². The molecule has 0 fully saturated rings. The number of nitrogens with zero attached hydrogens (tertiary/aromatic N) is 1. The number of anilines is 1. The summed E-state index contributed by atoms with van der Waals surface area (Å²) in [6.45, 7) is 0. The van der Waals surface area contributed by atoms with Crippen LogP contribution in [0.2, 0.25) is 0 Å². The summed E-state index contributed by atoms with van der Waals surface area (Å²) in [6, 6.07) is 18.7. The molecule has 1 aromatic heterocycles. The topological polar surface area (TPSA) is 139 Å². The van der Waals surface area contributed by atoms with Gasteiger partial charge in [-0.15, -0.1) is 0 Å². The second-order valence-electron chi connectivity index (χ2n) is 8.16. The zero-order chi connectivity index (χ0) is 24.5. The molecule has 0 radical (unpaired) electrons. The quantitative estimate of drug-likeness (QED) is 0.336. The molecule has 9 heteroatoms. The van der Waals surface area contributed by atoms with E-state index in [2.05, 4.69) is 21.2 Å². The standard InChI is InChI=1S/C26H14BrN3O5/c27-13-6-7-14-16(8-13)30-25(33)26(14)15(11-28)24(29)35-20-10-19-21(23(32)22(20)26)17(31)9-18(34-19)12-4-2-1-3-5-12/h1-10,32H,29H2,(H,30,33). The highest BCUT2D eigenvalue weighted by Crippen LogP contribution is 2.57. The van der Waals surface area contributed by atoms with E-state index in [-0.39, 0.29) is 33.7 Å². The Bertz CT molecular complexity index is 1740. The van der Waals surface area contributed by atoms with Gasteiger partial charge in [-0.05, 0) is 12.1 Å². The van der Waals surface area contributed by atoms with Crippen LogP contribution in [-0.4, -0.2) is 11.0 Å². The number of hydrogen-bond donors (Lipinski definition) is 3. The molecule has 0 saturated heterocycles. The van der Waals surface area contributed by atoms with E-state index in [1.165, 1.54) is 12.1 Å². The number of ether oxygens (including phenoxy) is 1. The third-order valence-electron chi connectivity index (χ3n) is 6.32. The molecule has 2 aliphatic rings. The third-order valence-corrected chi connectivity index (χ3v) is 6.81. The molecule has 1 amide bonds. The lowest BCUT2D eigenvalue weighted by molar-refractivity contribution is -0.118. The fraction of sp³-hybridized carbons (Fsp3) is 0.0385. The zero-order valence-corrected chi connectivity index (χ0v) is 19.3. The number of carbonyl (C=O) groups excluding carboxylic acids is 1. The summed E-state index contributed by atoms with van der Waals surface area (Å²) in [6.07, 6.45) is 0. The molecule has 0 saturated carbocycles. The number of rotatable bonds is 1. The number of nitrogens with two attached hydrogens (primary N) is 1. The number of phenolic OH excluding ortho intramolecular Hbond substituents is 1. The van der Waals surface area contributed by atoms with Crippen molar-refractivity contribution in [3.63, 3.8) is 0 Å². The summed E-state index contributed by atoms with van der Waals surface area (Å²) in [5, 5.41) is 24.1. The smallest absolute Gasteiger partial charge is 0.245 e. The molecule has 3 heterocycles. The summed E-state index contributed by atoms with van der Waals surface area (Å²) in [4.78, 5) is 26.8. The Labute approximate surface area is 206 Å². The number of nitriles is 1. The molecular formula is C26H14BrN3O5. The number of amides is 1. The van der Waals surface area contributed by atoms with Gasteiger partial charge in [-0.1, -0.05) is 52.3 Å². The first-order valence-electron chi connectivity index (χ1n) is 10.5. The average molecular weight is 528 g/mol. The fourth-order valence-corrected chi connectivity index (χ4v) is 5.23. The number of fused-ring (bicyclic) bond motifs is 5. The Morgan fingerprint density at radius 2 is 1.86 bits per heavy atom. The first-order chi connectivity index (χ1) is 16.9. The van der Waals surface area contributed by atoms with Crippen molar-refractivity contribution in [3.8, 4) is 28.9 Å². The summed E-state index contributed by atoms with van der Waals surface area (Å²) >= 11 is 3.37. The molecule has 4 aromatic rings. The van der Waals surface area contributed by atoms with Gasteiger partial charge >= 0.3 is 0 Å². The van der Waals surface area contributed by atoms with Crippen molar-refractivity contribution in [2.24, 2.45) is 5.73 Å². The Kier molecular flexibility index (Phi) is 4.34. The monoisotopic (exact) mass is 527 g/mol. The number of carbonyl (C=O) groups is 1. The summed E-state index contributed by atoms with van der Waals surface area (Å²) < 4.78 is 12.4. The van der Waals surface area contributed by atoms with Crippen molar-refractivity contribution in [3.05, 3.63) is 97.9 Å². The van der Waals surface area contributed by atoms with Gasteiger partial charge in [-0.25, -0.2) is 0 Å². The number of benzene rings is 3.